The van der Waals surface area contributed by atoms with E-state index in [0.717, 1.165) is 23.6 Å². The number of aromatic nitrogens is 1. The van der Waals surface area contributed by atoms with Crippen molar-refractivity contribution in [3.05, 3.63) is 18.3 Å². The number of hydrogen-bond donors (Lipinski definition) is 1. The molecule has 154 valence electrons. The number of morpholine rings is 1. The molecular formula is C21H31N3O3S. The Morgan fingerprint density at radius 2 is 1.71 bits per heavy atom. The highest BCUT2D eigenvalue weighted by molar-refractivity contribution is 7.89. The smallest absolute Gasteiger partial charge is 0.244 e. The van der Waals surface area contributed by atoms with E-state index in [1.165, 1.54) is 49.0 Å². The first kappa shape index (κ1) is 18.8. The number of nitrogens with zero attached hydrogens (tertiary/aromatic N) is 2. The van der Waals surface area contributed by atoms with Crippen LogP contribution in [0, 0.1) is 23.2 Å². The van der Waals surface area contributed by atoms with Gasteiger partial charge in [0, 0.05) is 25.3 Å². The predicted octanol–water partition coefficient (Wildman–Crippen LogP) is 3.12. The third-order valence-corrected chi connectivity index (χ3v) is 9.59. The summed E-state index contributed by atoms with van der Waals surface area (Å²) in [6, 6.07) is 3.88. The molecule has 4 bridgehead atoms. The second-order valence-corrected chi connectivity index (χ2v) is 11.5. The van der Waals surface area contributed by atoms with E-state index in [9.17, 15) is 8.42 Å². The van der Waals surface area contributed by atoms with Crippen molar-refractivity contribution in [1.82, 2.24) is 9.29 Å². The molecule has 0 radical (unpaired) electrons. The van der Waals surface area contributed by atoms with Crippen LogP contribution in [-0.2, 0) is 14.8 Å². The van der Waals surface area contributed by atoms with Gasteiger partial charge in [-0.25, -0.2) is 13.4 Å². The van der Waals surface area contributed by atoms with Gasteiger partial charge in [-0.2, -0.15) is 4.31 Å². The quantitative estimate of drug-likeness (QED) is 0.815. The lowest BCUT2D eigenvalue weighted by Gasteiger charge is -2.59. The van der Waals surface area contributed by atoms with Crippen molar-refractivity contribution in [3.63, 3.8) is 0 Å². The van der Waals surface area contributed by atoms with Crippen molar-refractivity contribution in [3.8, 4) is 0 Å². The number of nitrogens with one attached hydrogen (secondary N) is 1. The van der Waals surface area contributed by atoms with Gasteiger partial charge in [0.15, 0.2) is 0 Å². The molecule has 5 aliphatic rings. The number of rotatable bonds is 5. The fourth-order valence-electron chi connectivity index (χ4n) is 6.64. The van der Waals surface area contributed by atoms with E-state index in [0.29, 0.717) is 37.8 Å². The molecule has 0 aromatic carbocycles. The zero-order valence-electron chi connectivity index (χ0n) is 16.6. The first-order valence-electron chi connectivity index (χ1n) is 10.8. The minimum atomic E-state index is -3.48. The molecule has 1 aromatic rings. The minimum Gasteiger partial charge on any atom is -0.379 e. The molecule has 4 aliphatic carbocycles. The lowest BCUT2D eigenvalue weighted by molar-refractivity contribution is -0.0603. The average Bonchev–Trinajstić information content (AvgIpc) is 2.68. The summed E-state index contributed by atoms with van der Waals surface area (Å²) >= 11 is 0. The van der Waals surface area contributed by atoms with Gasteiger partial charge in [-0.05, 0) is 80.8 Å². The Balaban J connectivity index is 1.29. The van der Waals surface area contributed by atoms with Gasteiger partial charge in [0.2, 0.25) is 10.0 Å². The summed E-state index contributed by atoms with van der Waals surface area (Å²) in [5, 5.41) is 3.62. The van der Waals surface area contributed by atoms with Crippen LogP contribution in [0.4, 0.5) is 5.82 Å². The van der Waals surface area contributed by atoms with Crippen LogP contribution >= 0.6 is 0 Å². The van der Waals surface area contributed by atoms with E-state index >= 15 is 0 Å². The fraction of sp³-hybridized carbons (Fsp3) is 0.762. The van der Waals surface area contributed by atoms with Gasteiger partial charge in [0.05, 0.1) is 13.2 Å². The maximum Gasteiger partial charge on any atom is 0.244 e. The zero-order chi connectivity index (χ0) is 19.4. The van der Waals surface area contributed by atoms with Gasteiger partial charge in [-0.1, -0.05) is 0 Å². The van der Waals surface area contributed by atoms with Crippen LogP contribution in [0.15, 0.2) is 23.2 Å². The first-order valence-corrected chi connectivity index (χ1v) is 12.2. The molecule has 1 saturated heterocycles. The van der Waals surface area contributed by atoms with Gasteiger partial charge in [0.25, 0.3) is 0 Å². The predicted molar refractivity (Wildman–Crippen MR) is 108 cm³/mol. The third-order valence-electron chi connectivity index (χ3n) is 7.71. The van der Waals surface area contributed by atoms with Gasteiger partial charge in [-0.3, -0.25) is 0 Å². The molecule has 6 nitrogen and oxygen atoms in total. The third kappa shape index (κ3) is 3.25. The van der Waals surface area contributed by atoms with Crippen molar-refractivity contribution in [2.75, 3.05) is 31.6 Å². The second kappa shape index (κ2) is 6.96. The van der Waals surface area contributed by atoms with Crippen LogP contribution in [0.2, 0.25) is 0 Å². The van der Waals surface area contributed by atoms with Crippen LogP contribution < -0.4 is 5.32 Å². The van der Waals surface area contributed by atoms with E-state index in [-0.39, 0.29) is 4.90 Å². The summed E-state index contributed by atoms with van der Waals surface area (Å²) in [6.07, 6.45) is 9.86. The molecule has 4 saturated carbocycles. The summed E-state index contributed by atoms with van der Waals surface area (Å²) in [5.74, 6) is 3.54. The van der Waals surface area contributed by atoms with Crippen molar-refractivity contribution >= 4 is 15.8 Å². The molecule has 2 heterocycles. The molecule has 7 heteroatoms. The van der Waals surface area contributed by atoms with Crippen molar-refractivity contribution in [1.29, 1.82) is 0 Å². The van der Waals surface area contributed by atoms with Gasteiger partial charge in [0.1, 0.15) is 10.7 Å². The average molecular weight is 406 g/mol. The maximum atomic E-state index is 12.8. The topological polar surface area (TPSA) is 71.5 Å². The van der Waals surface area contributed by atoms with Crippen molar-refractivity contribution < 1.29 is 13.2 Å². The summed E-state index contributed by atoms with van der Waals surface area (Å²) < 4.78 is 32.3. The number of sulfonamides is 1. The molecule has 6 rings (SSSR count). The minimum absolute atomic E-state index is 0.266. The van der Waals surface area contributed by atoms with Crippen LogP contribution in [0.1, 0.15) is 45.4 Å². The summed E-state index contributed by atoms with van der Waals surface area (Å²) in [6.45, 7) is 4.02. The zero-order valence-corrected chi connectivity index (χ0v) is 17.5. The van der Waals surface area contributed by atoms with E-state index < -0.39 is 10.0 Å². The molecule has 0 amide bonds. The fourth-order valence-corrected chi connectivity index (χ4v) is 7.99. The SMILES string of the molecule is C[C@H](Nc1ccc(S(=O)(=O)N2CCOCC2)cn1)C12CC3CC(CC(C3)C1)C2. The van der Waals surface area contributed by atoms with E-state index in [4.69, 9.17) is 4.74 Å². The van der Waals surface area contributed by atoms with Crippen molar-refractivity contribution in [2.24, 2.45) is 23.2 Å². The molecule has 28 heavy (non-hydrogen) atoms. The highest BCUT2D eigenvalue weighted by Gasteiger charge is 2.53. The van der Waals surface area contributed by atoms with E-state index in [1.54, 1.807) is 6.07 Å². The number of anilines is 1. The Hall–Kier alpha value is -1.18. The van der Waals surface area contributed by atoms with E-state index in [1.807, 2.05) is 6.07 Å². The molecule has 1 atom stereocenters. The molecule has 1 aliphatic heterocycles. The monoisotopic (exact) mass is 405 g/mol. The number of ether oxygens (including phenoxy) is 1. The summed E-state index contributed by atoms with van der Waals surface area (Å²) in [7, 11) is -3.48. The number of hydrogen-bond acceptors (Lipinski definition) is 5. The Kier molecular flexibility index (Phi) is 4.68. The van der Waals surface area contributed by atoms with Gasteiger partial charge < -0.3 is 10.1 Å². The highest BCUT2D eigenvalue weighted by Crippen LogP contribution is 2.61. The largest absolute Gasteiger partial charge is 0.379 e. The molecular weight excluding hydrogens is 374 g/mol. The molecule has 0 unspecified atom stereocenters. The van der Waals surface area contributed by atoms with Crippen LogP contribution in [0.3, 0.4) is 0 Å². The Bertz CT molecular complexity index is 783. The Labute approximate surface area is 168 Å². The van der Waals surface area contributed by atoms with Crippen molar-refractivity contribution in [2.45, 2.75) is 56.4 Å². The Morgan fingerprint density at radius 1 is 1.11 bits per heavy atom. The van der Waals surface area contributed by atoms with Crippen LogP contribution in [-0.4, -0.2) is 50.1 Å². The summed E-state index contributed by atoms with van der Waals surface area (Å²) in [5.41, 5.74) is 0.398. The van der Waals surface area contributed by atoms with Gasteiger partial charge in [-0.15, -0.1) is 0 Å². The number of pyridine rings is 1. The first-order chi connectivity index (χ1) is 13.4. The molecule has 1 N–H and O–H groups in total. The lowest BCUT2D eigenvalue weighted by Crippen LogP contribution is -2.53. The van der Waals surface area contributed by atoms with Crippen LogP contribution in [0.25, 0.3) is 0 Å². The normalized spacial score (nSPS) is 36.4. The standard InChI is InChI=1S/C21H31N3O3S/c1-15(21-11-16-8-17(12-21)10-18(9-16)13-21)23-20-3-2-19(14-22-20)28(25,26)24-4-6-27-7-5-24/h2-3,14-18H,4-13H2,1H3,(H,22,23)/t15-,16?,17?,18?,21?/m0/s1. The summed E-state index contributed by atoms with van der Waals surface area (Å²) in [4.78, 5) is 4.73. The van der Waals surface area contributed by atoms with E-state index in [2.05, 4.69) is 17.2 Å². The van der Waals surface area contributed by atoms with Gasteiger partial charge >= 0.3 is 0 Å². The Morgan fingerprint density at radius 3 is 2.25 bits per heavy atom. The maximum absolute atomic E-state index is 12.8. The molecule has 5 fully saturated rings. The molecule has 0 spiro atoms. The highest BCUT2D eigenvalue weighted by atomic mass is 32.2. The molecule has 1 aromatic heterocycles. The van der Waals surface area contributed by atoms with Crippen LogP contribution in [0.5, 0.6) is 0 Å². The lowest BCUT2D eigenvalue weighted by atomic mass is 9.48. The second-order valence-electron chi connectivity index (χ2n) is 9.54.